The molecule has 3 aliphatic rings. The van der Waals surface area contributed by atoms with Crippen LogP contribution in [-0.4, -0.2) is 17.7 Å². The van der Waals surface area contributed by atoms with Crippen molar-refractivity contribution in [3.05, 3.63) is 71.8 Å². The van der Waals surface area contributed by atoms with Gasteiger partial charge in [-0.3, -0.25) is 14.4 Å². The van der Waals surface area contributed by atoms with E-state index in [9.17, 15) is 14.4 Å². The van der Waals surface area contributed by atoms with Crippen molar-refractivity contribution in [2.24, 2.45) is 22.7 Å². The minimum absolute atomic E-state index is 0.00714. The van der Waals surface area contributed by atoms with Gasteiger partial charge in [0, 0.05) is 0 Å². The summed E-state index contributed by atoms with van der Waals surface area (Å²) in [5, 5.41) is 0. The Morgan fingerprint density at radius 3 is 1.41 bits per heavy atom. The van der Waals surface area contributed by atoms with Crippen LogP contribution in [0.1, 0.15) is 37.8 Å². The molecule has 2 fully saturated rings. The van der Waals surface area contributed by atoms with Gasteiger partial charge in [0.05, 0.1) is 22.7 Å². The highest BCUT2D eigenvalue weighted by atomic mass is 16.6. The molecule has 1 aliphatic heterocycles. The Morgan fingerprint density at radius 1 is 0.690 bits per heavy atom. The van der Waals surface area contributed by atoms with E-state index in [2.05, 4.69) is 0 Å². The zero-order valence-corrected chi connectivity index (χ0v) is 16.5. The molecule has 1 saturated carbocycles. The Labute approximate surface area is 169 Å². The largest absolute Gasteiger partial charge is 0.393 e. The standard InChI is InChI=1S/C25H22O4/c1-3-24-17(15-11-7-5-8-12-15)18(16-13-9-6-10-14-16)25(4-2,23(24)28)20-19(24)21(26)29-22(20)27/h5-14,19-20H,3-4H2,1-2H3/t19-,20-,24-,25+/m1/s1. The Balaban J connectivity index is 1.95. The van der Waals surface area contributed by atoms with E-state index in [0.717, 1.165) is 22.3 Å². The predicted octanol–water partition coefficient (Wildman–Crippen LogP) is 4.30. The van der Waals surface area contributed by atoms with Gasteiger partial charge in [-0.25, -0.2) is 0 Å². The lowest BCUT2D eigenvalue weighted by atomic mass is 9.60. The second kappa shape index (κ2) is 5.99. The minimum atomic E-state index is -1.03. The van der Waals surface area contributed by atoms with Crippen LogP contribution >= 0.6 is 0 Å². The fourth-order valence-electron chi connectivity index (χ4n) is 6.26. The first-order valence-corrected chi connectivity index (χ1v) is 10.2. The van der Waals surface area contributed by atoms with Gasteiger partial charge in [-0.1, -0.05) is 74.5 Å². The molecular weight excluding hydrogens is 364 g/mol. The highest BCUT2D eigenvalue weighted by Gasteiger charge is 2.80. The number of hydrogen-bond acceptors (Lipinski definition) is 4. The molecule has 2 aliphatic carbocycles. The number of ketones is 1. The van der Waals surface area contributed by atoms with Gasteiger partial charge < -0.3 is 4.74 Å². The average molecular weight is 386 g/mol. The van der Waals surface area contributed by atoms with Crippen molar-refractivity contribution in [1.29, 1.82) is 0 Å². The number of carbonyl (C=O) groups excluding carboxylic acids is 3. The van der Waals surface area contributed by atoms with Crippen LogP contribution in [0.25, 0.3) is 11.1 Å². The maximum absolute atomic E-state index is 14.1. The third-order valence-corrected chi connectivity index (χ3v) is 7.30. The summed E-state index contributed by atoms with van der Waals surface area (Å²) in [6.45, 7) is 3.88. The van der Waals surface area contributed by atoms with Gasteiger partial charge in [-0.2, -0.15) is 0 Å². The van der Waals surface area contributed by atoms with Crippen LogP contribution in [0.5, 0.6) is 0 Å². The van der Waals surface area contributed by atoms with Crippen molar-refractivity contribution in [3.8, 4) is 0 Å². The number of esters is 2. The molecule has 4 heteroatoms. The molecule has 0 unspecified atom stereocenters. The number of cyclic esters (lactones) is 2. The zero-order valence-electron chi connectivity index (χ0n) is 16.5. The smallest absolute Gasteiger partial charge is 0.318 e. The molecule has 0 aromatic heterocycles. The van der Waals surface area contributed by atoms with E-state index in [1.807, 2.05) is 74.5 Å². The van der Waals surface area contributed by atoms with Gasteiger partial charge >= 0.3 is 11.9 Å². The third kappa shape index (κ3) is 1.92. The highest BCUT2D eigenvalue weighted by Crippen LogP contribution is 2.75. The fourth-order valence-corrected chi connectivity index (χ4v) is 6.26. The summed E-state index contributed by atoms with van der Waals surface area (Å²) in [5.74, 6) is -2.57. The molecule has 146 valence electrons. The number of ether oxygens (including phenoxy) is 1. The van der Waals surface area contributed by atoms with E-state index in [1.54, 1.807) is 0 Å². The number of fused-ring (bicyclic) bond motifs is 5. The first-order chi connectivity index (χ1) is 14.0. The number of carbonyl (C=O) groups is 3. The van der Waals surface area contributed by atoms with E-state index < -0.39 is 34.6 Å². The number of hydrogen-bond donors (Lipinski definition) is 0. The Hall–Kier alpha value is -3.01. The molecule has 4 nitrogen and oxygen atoms in total. The van der Waals surface area contributed by atoms with Crippen molar-refractivity contribution in [2.45, 2.75) is 26.7 Å². The lowest BCUT2D eigenvalue weighted by Crippen LogP contribution is -2.37. The lowest BCUT2D eigenvalue weighted by molar-refractivity contribution is -0.157. The Kier molecular flexibility index (Phi) is 3.73. The highest BCUT2D eigenvalue weighted by molar-refractivity contribution is 6.28. The second-order valence-electron chi connectivity index (χ2n) is 8.16. The molecule has 2 aromatic rings. The van der Waals surface area contributed by atoms with Crippen molar-refractivity contribution in [2.75, 3.05) is 0 Å². The fraction of sp³-hybridized carbons (Fsp3) is 0.320. The molecule has 0 spiro atoms. The molecule has 1 heterocycles. The molecule has 2 aromatic carbocycles. The first kappa shape index (κ1) is 18.0. The predicted molar refractivity (Wildman–Crippen MR) is 108 cm³/mol. The summed E-state index contributed by atoms with van der Waals surface area (Å²) in [4.78, 5) is 39.8. The number of benzene rings is 2. The van der Waals surface area contributed by atoms with Crippen molar-refractivity contribution in [1.82, 2.24) is 0 Å². The van der Waals surface area contributed by atoms with Crippen LogP contribution in [0, 0.1) is 22.7 Å². The molecule has 0 N–H and O–H groups in total. The summed E-state index contributed by atoms with van der Waals surface area (Å²) in [5.41, 5.74) is 1.59. The van der Waals surface area contributed by atoms with E-state index in [4.69, 9.17) is 4.74 Å². The van der Waals surface area contributed by atoms with Crippen LogP contribution in [0.4, 0.5) is 0 Å². The van der Waals surface area contributed by atoms with E-state index in [1.165, 1.54) is 0 Å². The third-order valence-electron chi connectivity index (χ3n) is 7.30. The topological polar surface area (TPSA) is 60.4 Å². The Morgan fingerprint density at radius 2 is 1.07 bits per heavy atom. The number of Topliss-reactive ketones (excluding diaryl/α,β-unsaturated/α-hetero) is 1. The maximum Gasteiger partial charge on any atom is 0.318 e. The van der Waals surface area contributed by atoms with Crippen LogP contribution < -0.4 is 0 Å². The van der Waals surface area contributed by atoms with Gasteiger partial charge in [0.25, 0.3) is 0 Å². The molecule has 29 heavy (non-hydrogen) atoms. The van der Waals surface area contributed by atoms with E-state index >= 15 is 0 Å². The van der Waals surface area contributed by atoms with Gasteiger partial charge in [0.1, 0.15) is 0 Å². The zero-order chi connectivity index (χ0) is 20.4. The van der Waals surface area contributed by atoms with E-state index in [-0.39, 0.29) is 5.78 Å². The minimum Gasteiger partial charge on any atom is -0.393 e. The normalized spacial score (nSPS) is 32.7. The number of allylic oxidation sites excluding steroid dienone is 2. The molecule has 0 radical (unpaired) electrons. The van der Waals surface area contributed by atoms with Crippen LogP contribution in [0.15, 0.2) is 60.7 Å². The summed E-state index contributed by atoms with van der Waals surface area (Å²) in [7, 11) is 0. The van der Waals surface area contributed by atoms with Gasteiger partial charge in [0.2, 0.25) is 0 Å². The summed E-state index contributed by atoms with van der Waals surface area (Å²) in [6.07, 6.45) is 0.912. The summed E-state index contributed by atoms with van der Waals surface area (Å²) in [6, 6.07) is 19.6. The van der Waals surface area contributed by atoms with Gasteiger partial charge in [-0.05, 0) is 35.1 Å². The average Bonchev–Trinajstić information content (AvgIpc) is 3.28. The first-order valence-electron chi connectivity index (χ1n) is 10.2. The molecule has 4 atom stereocenters. The summed E-state index contributed by atoms with van der Waals surface area (Å²) < 4.78 is 5.12. The SMILES string of the molecule is CC[C@]12C(=O)[C@](CC)(C(c3ccccc3)=C1c1ccccc1)[C@H]1C(=O)OC(=O)[C@@H]12. The maximum atomic E-state index is 14.1. The van der Waals surface area contributed by atoms with Gasteiger partial charge in [-0.15, -0.1) is 0 Å². The van der Waals surface area contributed by atoms with Crippen molar-refractivity contribution < 1.29 is 19.1 Å². The van der Waals surface area contributed by atoms with Crippen LogP contribution in [0.2, 0.25) is 0 Å². The molecule has 1 saturated heterocycles. The molecule has 0 amide bonds. The second-order valence-corrected chi connectivity index (χ2v) is 8.16. The van der Waals surface area contributed by atoms with Crippen LogP contribution in [0.3, 0.4) is 0 Å². The monoisotopic (exact) mass is 386 g/mol. The summed E-state index contributed by atoms with van der Waals surface area (Å²) >= 11 is 0. The lowest BCUT2D eigenvalue weighted by Gasteiger charge is -2.37. The number of rotatable bonds is 4. The van der Waals surface area contributed by atoms with Crippen molar-refractivity contribution in [3.63, 3.8) is 0 Å². The van der Waals surface area contributed by atoms with Crippen LogP contribution in [-0.2, 0) is 19.1 Å². The molecule has 2 bridgehead atoms. The molecular formula is C25H22O4. The van der Waals surface area contributed by atoms with E-state index in [0.29, 0.717) is 12.8 Å². The quantitative estimate of drug-likeness (QED) is 0.581. The van der Waals surface area contributed by atoms with Gasteiger partial charge in [0.15, 0.2) is 5.78 Å². The molecule has 5 rings (SSSR count). The van der Waals surface area contributed by atoms with Crippen molar-refractivity contribution >= 4 is 28.9 Å². The Bertz CT molecular complexity index is 985.